The van der Waals surface area contributed by atoms with Crippen LogP contribution in [0, 0.1) is 0 Å². The molecule has 15 heavy (non-hydrogen) atoms. The van der Waals surface area contributed by atoms with E-state index in [-0.39, 0.29) is 16.9 Å². The molecule has 0 radical (unpaired) electrons. The molecule has 0 amide bonds. The Morgan fingerprint density at radius 2 is 1.93 bits per heavy atom. The molecule has 1 aromatic rings. The van der Waals surface area contributed by atoms with Gasteiger partial charge in [0.05, 0.1) is 5.25 Å². The summed E-state index contributed by atoms with van der Waals surface area (Å²) < 4.78 is 23.2. The van der Waals surface area contributed by atoms with Gasteiger partial charge in [-0.2, -0.15) is 0 Å². The van der Waals surface area contributed by atoms with Crippen molar-refractivity contribution in [1.82, 2.24) is 0 Å². The fourth-order valence-electron chi connectivity index (χ4n) is 1.88. The van der Waals surface area contributed by atoms with Crippen molar-refractivity contribution in [3.63, 3.8) is 0 Å². The highest BCUT2D eigenvalue weighted by Gasteiger charge is 2.46. The number of nitrogens with two attached hydrogens (primary N) is 1. The van der Waals surface area contributed by atoms with Crippen molar-refractivity contribution in [3.8, 4) is 0 Å². The molecule has 2 N–H and O–H groups in total. The third kappa shape index (κ3) is 2.00. The van der Waals surface area contributed by atoms with Crippen LogP contribution < -0.4 is 5.73 Å². The Balaban J connectivity index is 2.15. The lowest BCUT2D eigenvalue weighted by Gasteiger charge is -2.01. The summed E-state index contributed by atoms with van der Waals surface area (Å²) in [4.78, 5) is 0. The van der Waals surface area contributed by atoms with E-state index in [1.807, 2.05) is 24.3 Å². The maximum Gasteiger partial charge on any atom is 0.153 e. The van der Waals surface area contributed by atoms with Crippen LogP contribution in [0.3, 0.4) is 0 Å². The molecule has 0 bridgehead atoms. The van der Waals surface area contributed by atoms with Crippen LogP contribution in [0.5, 0.6) is 0 Å². The van der Waals surface area contributed by atoms with Gasteiger partial charge in [-0.05, 0) is 24.1 Å². The van der Waals surface area contributed by atoms with Gasteiger partial charge in [0.2, 0.25) is 0 Å². The number of hydrogen-bond donors (Lipinski definition) is 1. The minimum absolute atomic E-state index is 0.161. The van der Waals surface area contributed by atoms with Crippen molar-refractivity contribution in [2.24, 2.45) is 0 Å². The average molecular weight is 225 g/mol. The van der Waals surface area contributed by atoms with Gasteiger partial charge in [-0.3, -0.25) is 0 Å². The number of hydrogen-bond acceptors (Lipinski definition) is 3. The Hall–Kier alpha value is -1.03. The molecule has 3 nitrogen and oxygen atoms in total. The fraction of sp³-hybridized carbons (Fsp3) is 0.455. The first-order chi connectivity index (χ1) is 7.04. The van der Waals surface area contributed by atoms with Crippen molar-refractivity contribution >= 4 is 15.5 Å². The molecule has 1 saturated carbocycles. The molecule has 0 spiro atoms. The lowest BCUT2D eigenvalue weighted by atomic mass is 10.1. The van der Waals surface area contributed by atoms with Gasteiger partial charge in [0.1, 0.15) is 0 Å². The molecular formula is C11H15NO2S. The van der Waals surface area contributed by atoms with E-state index in [9.17, 15) is 8.42 Å². The molecule has 0 aliphatic heterocycles. The maximum atomic E-state index is 11.6. The Morgan fingerprint density at radius 1 is 1.33 bits per heavy atom. The van der Waals surface area contributed by atoms with Gasteiger partial charge in [0.25, 0.3) is 0 Å². The predicted molar refractivity (Wildman–Crippen MR) is 61.5 cm³/mol. The van der Waals surface area contributed by atoms with E-state index >= 15 is 0 Å². The van der Waals surface area contributed by atoms with Crippen LogP contribution in [0.25, 0.3) is 0 Å². The zero-order valence-corrected chi connectivity index (χ0v) is 9.50. The van der Waals surface area contributed by atoms with Crippen LogP contribution in [0.2, 0.25) is 0 Å². The number of benzene rings is 1. The molecule has 0 heterocycles. The van der Waals surface area contributed by atoms with E-state index in [1.54, 1.807) is 6.92 Å². The molecule has 1 fully saturated rings. The monoisotopic (exact) mass is 225 g/mol. The summed E-state index contributed by atoms with van der Waals surface area (Å²) >= 11 is 0. The molecular weight excluding hydrogens is 210 g/mol. The number of rotatable bonds is 3. The first-order valence-electron chi connectivity index (χ1n) is 5.11. The first kappa shape index (κ1) is 10.5. The van der Waals surface area contributed by atoms with Crippen molar-refractivity contribution in [1.29, 1.82) is 0 Å². The van der Waals surface area contributed by atoms with Crippen molar-refractivity contribution in [2.45, 2.75) is 24.5 Å². The summed E-state index contributed by atoms with van der Waals surface area (Å²) in [6.45, 7) is 1.70. The quantitative estimate of drug-likeness (QED) is 0.794. The molecule has 0 unspecified atom stereocenters. The summed E-state index contributed by atoms with van der Waals surface area (Å²) in [5, 5.41) is -0.161. The van der Waals surface area contributed by atoms with E-state index in [0.29, 0.717) is 5.69 Å². The second kappa shape index (κ2) is 3.52. The number of anilines is 1. The second-order valence-electron chi connectivity index (χ2n) is 4.00. The normalized spacial score (nSPS) is 25.1. The van der Waals surface area contributed by atoms with Crippen LogP contribution in [-0.2, 0) is 9.84 Å². The molecule has 4 heteroatoms. The summed E-state index contributed by atoms with van der Waals surface area (Å²) in [5.41, 5.74) is 7.38. The number of nitrogen functional groups attached to an aromatic ring is 1. The van der Waals surface area contributed by atoms with Crippen LogP contribution in [0.15, 0.2) is 24.3 Å². The first-order valence-corrected chi connectivity index (χ1v) is 6.83. The molecule has 1 aromatic carbocycles. The fourth-order valence-corrected chi connectivity index (χ4v) is 3.46. The van der Waals surface area contributed by atoms with Crippen LogP contribution in [-0.4, -0.2) is 19.4 Å². The van der Waals surface area contributed by atoms with E-state index in [2.05, 4.69) is 0 Å². The lowest BCUT2D eigenvalue weighted by molar-refractivity contribution is 0.595. The average Bonchev–Trinajstić information content (AvgIpc) is 2.99. The second-order valence-corrected chi connectivity index (χ2v) is 6.51. The third-order valence-corrected chi connectivity index (χ3v) is 5.21. The molecule has 2 rings (SSSR count). The molecule has 1 aliphatic rings. The predicted octanol–water partition coefficient (Wildman–Crippen LogP) is 1.56. The summed E-state index contributed by atoms with van der Waals surface area (Å²) in [7, 11) is -2.86. The van der Waals surface area contributed by atoms with Gasteiger partial charge in [-0.15, -0.1) is 0 Å². The Labute approximate surface area is 90.2 Å². The minimum atomic E-state index is -2.86. The SMILES string of the molecule is CCS(=O)(=O)[C@H]1C[C@@H]1c1ccc(N)cc1. The highest BCUT2D eigenvalue weighted by atomic mass is 32.2. The zero-order chi connectivity index (χ0) is 11.1. The van der Waals surface area contributed by atoms with Gasteiger partial charge in [0, 0.05) is 17.4 Å². The van der Waals surface area contributed by atoms with Gasteiger partial charge >= 0.3 is 0 Å². The molecule has 0 saturated heterocycles. The topological polar surface area (TPSA) is 60.2 Å². The van der Waals surface area contributed by atoms with E-state index in [0.717, 1.165) is 12.0 Å². The maximum absolute atomic E-state index is 11.6. The zero-order valence-electron chi connectivity index (χ0n) is 8.68. The minimum Gasteiger partial charge on any atom is -0.399 e. The van der Waals surface area contributed by atoms with Crippen LogP contribution in [0.1, 0.15) is 24.8 Å². The van der Waals surface area contributed by atoms with Crippen molar-refractivity contribution in [2.75, 3.05) is 11.5 Å². The van der Waals surface area contributed by atoms with Crippen molar-refractivity contribution < 1.29 is 8.42 Å². The summed E-state index contributed by atoms with van der Waals surface area (Å²) in [5.74, 6) is 0.430. The Morgan fingerprint density at radius 3 is 2.47 bits per heavy atom. The Kier molecular flexibility index (Phi) is 2.46. The lowest BCUT2D eigenvalue weighted by Crippen LogP contribution is -2.10. The van der Waals surface area contributed by atoms with Gasteiger partial charge in [-0.25, -0.2) is 8.42 Å². The van der Waals surface area contributed by atoms with E-state index in [1.165, 1.54) is 0 Å². The van der Waals surface area contributed by atoms with Gasteiger partial charge in [0.15, 0.2) is 9.84 Å². The molecule has 1 aliphatic carbocycles. The number of sulfone groups is 1. The highest BCUT2D eigenvalue weighted by Crippen LogP contribution is 2.46. The highest BCUT2D eigenvalue weighted by molar-refractivity contribution is 7.92. The van der Waals surface area contributed by atoms with Crippen LogP contribution >= 0.6 is 0 Å². The van der Waals surface area contributed by atoms with E-state index < -0.39 is 9.84 Å². The molecule has 2 atom stereocenters. The van der Waals surface area contributed by atoms with Gasteiger partial charge < -0.3 is 5.73 Å². The smallest absolute Gasteiger partial charge is 0.153 e. The molecule has 82 valence electrons. The standard InChI is InChI=1S/C11H15NO2S/c1-2-15(13,14)11-7-10(11)8-3-5-9(12)6-4-8/h3-6,10-11H,2,7,12H2,1H3/t10-,11+/m1/s1. The summed E-state index contributed by atoms with van der Waals surface area (Å²) in [6, 6.07) is 7.49. The van der Waals surface area contributed by atoms with Crippen LogP contribution in [0.4, 0.5) is 5.69 Å². The Bertz CT molecular complexity index is 450. The largest absolute Gasteiger partial charge is 0.399 e. The van der Waals surface area contributed by atoms with Gasteiger partial charge in [-0.1, -0.05) is 19.1 Å². The molecule has 0 aromatic heterocycles. The van der Waals surface area contributed by atoms with E-state index in [4.69, 9.17) is 5.73 Å². The summed E-state index contributed by atoms with van der Waals surface area (Å²) in [6.07, 6.45) is 0.764. The third-order valence-electron chi connectivity index (χ3n) is 2.96. The van der Waals surface area contributed by atoms with Crippen molar-refractivity contribution in [3.05, 3.63) is 29.8 Å².